The van der Waals surface area contributed by atoms with E-state index in [4.69, 9.17) is 0 Å². The highest BCUT2D eigenvalue weighted by Crippen LogP contribution is 2.34. The molecule has 26 heavy (non-hydrogen) atoms. The van der Waals surface area contributed by atoms with Crippen molar-refractivity contribution in [3.05, 3.63) is 108 Å². The Morgan fingerprint density at radius 1 is 0.885 bits per heavy atom. The van der Waals surface area contributed by atoms with Gasteiger partial charge in [-0.05, 0) is 41.5 Å². The molecule has 1 aromatic heterocycles. The van der Waals surface area contributed by atoms with Gasteiger partial charge in [-0.15, -0.1) is 0 Å². The fraction of sp³-hybridized carbons (Fsp3) is 0.0870. The van der Waals surface area contributed by atoms with Crippen molar-refractivity contribution in [2.45, 2.75) is 12.3 Å². The number of H-pyrrole nitrogens is 1. The van der Waals surface area contributed by atoms with Crippen molar-refractivity contribution in [2.24, 2.45) is 0 Å². The highest BCUT2D eigenvalue weighted by atomic mass is 19.1. The molecule has 3 heteroatoms. The van der Waals surface area contributed by atoms with Crippen LogP contribution in [0.3, 0.4) is 0 Å². The molecule has 4 rings (SSSR count). The Hall–Kier alpha value is -3.20. The summed E-state index contributed by atoms with van der Waals surface area (Å²) < 4.78 is 13.2. The first-order valence-corrected chi connectivity index (χ1v) is 8.62. The Morgan fingerprint density at radius 2 is 1.58 bits per heavy atom. The van der Waals surface area contributed by atoms with E-state index in [0.717, 1.165) is 22.0 Å². The lowest BCUT2D eigenvalue weighted by molar-refractivity contribution is 0.0977. The van der Waals surface area contributed by atoms with Gasteiger partial charge in [0, 0.05) is 35.0 Å². The van der Waals surface area contributed by atoms with Crippen LogP contribution in [0.4, 0.5) is 4.39 Å². The third kappa shape index (κ3) is 3.16. The maximum Gasteiger partial charge on any atom is 0.163 e. The minimum atomic E-state index is -0.335. The third-order valence-corrected chi connectivity index (χ3v) is 4.75. The molecule has 0 aliphatic rings. The molecule has 128 valence electrons. The van der Waals surface area contributed by atoms with Crippen molar-refractivity contribution in [2.75, 3.05) is 0 Å². The number of halogens is 1. The van der Waals surface area contributed by atoms with Crippen LogP contribution >= 0.6 is 0 Å². The predicted octanol–water partition coefficient (Wildman–Crippen LogP) is 5.71. The molecule has 0 saturated carbocycles. The number of hydrogen-bond acceptors (Lipinski definition) is 1. The lowest BCUT2D eigenvalue weighted by Gasteiger charge is -2.17. The number of carbonyl (C=O) groups excluding carboxylic acids is 1. The van der Waals surface area contributed by atoms with Crippen LogP contribution in [0.5, 0.6) is 0 Å². The lowest BCUT2D eigenvalue weighted by Crippen LogP contribution is -2.09. The quantitative estimate of drug-likeness (QED) is 0.462. The average Bonchev–Trinajstić information content (AvgIpc) is 3.11. The molecule has 1 atom stereocenters. The Morgan fingerprint density at radius 3 is 2.35 bits per heavy atom. The van der Waals surface area contributed by atoms with Crippen molar-refractivity contribution < 1.29 is 9.18 Å². The summed E-state index contributed by atoms with van der Waals surface area (Å²) in [6.07, 6.45) is 2.32. The normalized spacial score (nSPS) is 12.2. The zero-order chi connectivity index (χ0) is 17.9. The van der Waals surface area contributed by atoms with E-state index >= 15 is 0 Å². The second-order valence-electron chi connectivity index (χ2n) is 6.39. The number of ketones is 1. The maximum atomic E-state index is 13.2. The average molecular weight is 343 g/mol. The molecule has 0 bridgehead atoms. The second-order valence-corrected chi connectivity index (χ2v) is 6.39. The van der Waals surface area contributed by atoms with Gasteiger partial charge in [-0.3, -0.25) is 4.79 Å². The third-order valence-electron chi connectivity index (χ3n) is 4.75. The monoisotopic (exact) mass is 343 g/mol. The summed E-state index contributed by atoms with van der Waals surface area (Å²) in [5.74, 6) is -0.396. The first kappa shape index (κ1) is 16.3. The van der Waals surface area contributed by atoms with E-state index in [0.29, 0.717) is 12.0 Å². The molecule has 1 heterocycles. The maximum absolute atomic E-state index is 13.2. The van der Waals surface area contributed by atoms with Crippen LogP contribution in [0, 0.1) is 5.82 Å². The van der Waals surface area contributed by atoms with Gasteiger partial charge in [0.15, 0.2) is 5.78 Å². The molecule has 0 amide bonds. The molecule has 4 aromatic rings. The molecule has 0 saturated heterocycles. The van der Waals surface area contributed by atoms with Gasteiger partial charge in [0.2, 0.25) is 0 Å². The van der Waals surface area contributed by atoms with Gasteiger partial charge in [0.25, 0.3) is 0 Å². The zero-order valence-electron chi connectivity index (χ0n) is 14.2. The number of para-hydroxylation sites is 1. The highest BCUT2D eigenvalue weighted by Gasteiger charge is 2.22. The summed E-state index contributed by atoms with van der Waals surface area (Å²) in [4.78, 5) is 16.1. The van der Waals surface area contributed by atoms with Gasteiger partial charge >= 0.3 is 0 Å². The van der Waals surface area contributed by atoms with Crippen molar-refractivity contribution in [1.29, 1.82) is 0 Å². The SMILES string of the molecule is O=C(C[C@H](c1ccccc1)c1c[nH]c2ccccc12)c1ccc(F)cc1. The Balaban J connectivity index is 1.74. The molecule has 0 unspecified atom stereocenters. The molecule has 0 fully saturated rings. The number of aromatic nitrogens is 1. The van der Waals surface area contributed by atoms with Crippen LogP contribution in [-0.4, -0.2) is 10.8 Å². The summed E-state index contributed by atoms with van der Waals surface area (Å²) in [5.41, 5.74) is 3.78. The van der Waals surface area contributed by atoms with Gasteiger partial charge < -0.3 is 4.98 Å². The van der Waals surface area contributed by atoms with E-state index in [-0.39, 0.29) is 17.5 Å². The molecule has 0 radical (unpaired) electrons. The largest absolute Gasteiger partial charge is 0.361 e. The Bertz CT molecular complexity index is 1030. The number of benzene rings is 3. The second kappa shape index (κ2) is 6.96. The number of Topliss-reactive ketones (excluding diaryl/α,β-unsaturated/α-hetero) is 1. The van der Waals surface area contributed by atoms with Crippen LogP contribution in [0.2, 0.25) is 0 Å². The summed E-state index contributed by atoms with van der Waals surface area (Å²) in [6, 6.07) is 23.9. The first-order chi connectivity index (χ1) is 12.7. The van der Waals surface area contributed by atoms with Crippen molar-refractivity contribution in [3.63, 3.8) is 0 Å². The number of fused-ring (bicyclic) bond motifs is 1. The lowest BCUT2D eigenvalue weighted by atomic mass is 9.85. The van der Waals surface area contributed by atoms with Gasteiger partial charge in [-0.25, -0.2) is 4.39 Å². The molecular formula is C23H18FNO. The topological polar surface area (TPSA) is 32.9 Å². The Labute approximate surface area is 151 Å². The number of aromatic amines is 1. The Kier molecular flexibility index (Phi) is 4.36. The molecule has 2 nitrogen and oxygen atoms in total. The summed E-state index contributed by atoms with van der Waals surface area (Å²) >= 11 is 0. The fourth-order valence-electron chi connectivity index (χ4n) is 3.41. The van der Waals surface area contributed by atoms with Gasteiger partial charge in [-0.2, -0.15) is 0 Å². The first-order valence-electron chi connectivity index (χ1n) is 8.62. The molecular weight excluding hydrogens is 325 g/mol. The van der Waals surface area contributed by atoms with Crippen molar-refractivity contribution in [1.82, 2.24) is 4.98 Å². The number of carbonyl (C=O) groups is 1. The van der Waals surface area contributed by atoms with Gasteiger partial charge in [0.1, 0.15) is 5.82 Å². The van der Waals surface area contributed by atoms with E-state index in [9.17, 15) is 9.18 Å². The minimum absolute atomic E-state index is 0.00383. The predicted molar refractivity (Wildman–Crippen MR) is 102 cm³/mol. The molecule has 0 aliphatic carbocycles. The summed E-state index contributed by atoms with van der Waals surface area (Å²) in [5, 5.41) is 1.12. The van der Waals surface area contributed by atoms with Gasteiger partial charge in [-0.1, -0.05) is 48.5 Å². The summed E-state index contributed by atoms with van der Waals surface area (Å²) in [7, 11) is 0. The smallest absolute Gasteiger partial charge is 0.163 e. The number of hydrogen-bond donors (Lipinski definition) is 1. The van der Waals surface area contributed by atoms with Crippen LogP contribution in [0.15, 0.2) is 85.1 Å². The fourth-order valence-corrected chi connectivity index (χ4v) is 3.41. The van der Waals surface area contributed by atoms with Crippen molar-refractivity contribution >= 4 is 16.7 Å². The van der Waals surface area contributed by atoms with Crippen LogP contribution in [-0.2, 0) is 0 Å². The van der Waals surface area contributed by atoms with E-state index in [1.54, 1.807) is 12.1 Å². The molecule has 1 N–H and O–H groups in total. The summed E-state index contributed by atoms with van der Waals surface area (Å²) in [6.45, 7) is 0. The van der Waals surface area contributed by atoms with E-state index in [1.807, 2.05) is 54.7 Å². The molecule has 0 spiro atoms. The minimum Gasteiger partial charge on any atom is -0.361 e. The number of rotatable bonds is 5. The highest BCUT2D eigenvalue weighted by molar-refractivity contribution is 5.97. The van der Waals surface area contributed by atoms with E-state index < -0.39 is 0 Å². The van der Waals surface area contributed by atoms with Crippen LogP contribution in [0.1, 0.15) is 33.8 Å². The molecule has 3 aromatic carbocycles. The van der Waals surface area contributed by atoms with Gasteiger partial charge in [0.05, 0.1) is 0 Å². The zero-order valence-corrected chi connectivity index (χ0v) is 14.2. The van der Waals surface area contributed by atoms with E-state index in [2.05, 4.69) is 11.1 Å². The van der Waals surface area contributed by atoms with Crippen molar-refractivity contribution in [3.8, 4) is 0 Å². The number of nitrogens with one attached hydrogen (secondary N) is 1. The standard InChI is InChI=1S/C23H18FNO/c24-18-12-10-17(11-13-18)23(26)14-20(16-6-2-1-3-7-16)21-15-25-22-9-5-4-8-19(21)22/h1-13,15,20,25H,14H2/t20-/m1/s1. The van der Waals surface area contributed by atoms with Crippen LogP contribution in [0.25, 0.3) is 10.9 Å². The molecule has 0 aliphatic heterocycles. The van der Waals surface area contributed by atoms with E-state index in [1.165, 1.54) is 12.1 Å². The van der Waals surface area contributed by atoms with Crippen LogP contribution < -0.4 is 0 Å².